The summed E-state index contributed by atoms with van der Waals surface area (Å²) in [5.74, 6) is -0.0368. The molecule has 1 amide bonds. The molecule has 3 N–H and O–H groups in total. The van der Waals surface area contributed by atoms with E-state index in [1.165, 1.54) is 0 Å². The monoisotopic (exact) mass is 313 g/mol. The maximum atomic E-state index is 12.5. The zero-order chi connectivity index (χ0) is 15.0. The third kappa shape index (κ3) is 4.24. The molecule has 0 aliphatic heterocycles. The van der Waals surface area contributed by atoms with Gasteiger partial charge in [0, 0.05) is 24.5 Å². The number of carbonyl (C=O) groups is 1. The number of hydrogen-bond acceptors (Lipinski definition) is 4. The van der Waals surface area contributed by atoms with Gasteiger partial charge in [-0.2, -0.15) is 0 Å². The first-order valence-corrected chi connectivity index (χ1v) is 8.32. The summed E-state index contributed by atoms with van der Waals surface area (Å²) in [7, 11) is 0. The summed E-state index contributed by atoms with van der Waals surface area (Å²) in [6.45, 7) is 4.67. The van der Waals surface area contributed by atoms with Crippen molar-refractivity contribution in [2.24, 2.45) is 11.1 Å². The van der Waals surface area contributed by atoms with E-state index in [0.29, 0.717) is 24.4 Å². The highest BCUT2D eigenvalue weighted by Gasteiger charge is 2.39. The predicted molar refractivity (Wildman–Crippen MR) is 87.9 cm³/mol. The minimum atomic E-state index is -0.693. The van der Waals surface area contributed by atoms with Crippen LogP contribution in [0.1, 0.15) is 44.5 Å². The molecule has 1 aromatic heterocycles. The Kier molecular flexibility index (Phi) is 7.09. The number of amides is 1. The predicted octanol–water partition coefficient (Wildman–Crippen LogP) is 2.67. The molecule has 0 radical (unpaired) electrons. The second-order valence-electron chi connectivity index (χ2n) is 4.88. The lowest BCUT2D eigenvalue weighted by Crippen LogP contribution is -2.49. The highest BCUT2D eigenvalue weighted by molar-refractivity contribution is 7.80. The molecule has 1 heterocycles. The van der Waals surface area contributed by atoms with Crippen LogP contribution in [0.5, 0.6) is 0 Å². The second kappa shape index (κ2) is 8.32. The number of thiocarbonyl (C=S) groups is 1. The minimum absolute atomic E-state index is 0.0368. The zero-order valence-corrected chi connectivity index (χ0v) is 13.8. The Bertz CT molecular complexity index is 426. The van der Waals surface area contributed by atoms with Crippen LogP contribution in [0.3, 0.4) is 0 Å². The molecule has 112 valence electrons. The van der Waals surface area contributed by atoms with Crippen LogP contribution in [0.4, 0.5) is 0 Å². The van der Waals surface area contributed by atoms with E-state index < -0.39 is 5.41 Å². The molecule has 0 spiro atoms. The Balaban J connectivity index is 2.64. The first kappa shape index (κ1) is 17.0. The van der Waals surface area contributed by atoms with E-state index in [0.717, 1.165) is 24.3 Å². The van der Waals surface area contributed by atoms with Gasteiger partial charge in [0.25, 0.3) is 0 Å². The molecule has 0 atom stereocenters. The number of rotatable bonds is 9. The van der Waals surface area contributed by atoms with Crippen LogP contribution >= 0.6 is 23.6 Å². The lowest BCUT2D eigenvalue weighted by Gasteiger charge is -2.31. The molecule has 0 fully saturated rings. The topological polar surface area (TPSA) is 68.0 Å². The normalized spacial score (nSPS) is 11.3. The van der Waals surface area contributed by atoms with Gasteiger partial charge in [0.2, 0.25) is 5.91 Å². The molecule has 4 nitrogen and oxygen atoms in total. The molecule has 0 aliphatic carbocycles. The Hall–Kier alpha value is -1.01. The molecule has 1 aromatic rings. The molecule has 0 unspecified atom stereocenters. The average molecular weight is 313 g/mol. The van der Waals surface area contributed by atoms with Crippen LogP contribution < -0.4 is 11.1 Å². The van der Waals surface area contributed by atoms with Crippen molar-refractivity contribution >= 4 is 34.5 Å². The summed E-state index contributed by atoms with van der Waals surface area (Å²) >= 11 is 6.77. The van der Waals surface area contributed by atoms with Crippen molar-refractivity contribution in [2.75, 3.05) is 6.54 Å². The molecule has 0 aromatic carbocycles. The molecule has 1 rings (SSSR count). The molecule has 20 heavy (non-hydrogen) atoms. The molecular formula is C14H23N3OS2. The summed E-state index contributed by atoms with van der Waals surface area (Å²) in [5.41, 5.74) is 5.18. The number of nitrogens with one attached hydrogen (secondary N) is 1. The summed E-state index contributed by atoms with van der Waals surface area (Å²) in [6.07, 6.45) is 5.71. The van der Waals surface area contributed by atoms with Crippen LogP contribution in [-0.2, 0) is 11.2 Å². The third-order valence-electron chi connectivity index (χ3n) is 3.37. The van der Waals surface area contributed by atoms with Gasteiger partial charge in [0.05, 0.1) is 15.4 Å². The van der Waals surface area contributed by atoms with E-state index in [1.807, 2.05) is 19.2 Å². The fourth-order valence-electron chi connectivity index (χ4n) is 2.39. The molecular weight excluding hydrogens is 290 g/mol. The second-order valence-corrected chi connectivity index (χ2v) is 6.30. The van der Waals surface area contributed by atoms with Crippen LogP contribution in [0.15, 0.2) is 11.6 Å². The standard InChI is InChI=1S/C14H23N3OS2/c1-3-6-14(7-4-2,12(15)19)13(18)17-8-5-11-16-9-10-20-11/h9-10H,3-8H2,1-2H3,(H2,15,19)(H,17,18). The molecule has 0 saturated heterocycles. The van der Waals surface area contributed by atoms with Crippen molar-refractivity contribution in [3.05, 3.63) is 16.6 Å². The smallest absolute Gasteiger partial charge is 0.233 e. The van der Waals surface area contributed by atoms with Gasteiger partial charge in [-0.1, -0.05) is 38.9 Å². The SMILES string of the molecule is CCCC(CCC)(C(=O)NCCc1nccs1)C(N)=S. The Morgan fingerprint density at radius 1 is 1.45 bits per heavy atom. The van der Waals surface area contributed by atoms with Gasteiger partial charge in [-0.05, 0) is 12.8 Å². The van der Waals surface area contributed by atoms with Gasteiger partial charge in [-0.25, -0.2) is 4.98 Å². The Labute approximate surface area is 130 Å². The van der Waals surface area contributed by atoms with Gasteiger partial charge in [0.1, 0.15) is 0 Å². The van der Waals surface area contributed by atoms with Crippen molar-refractivity contribution < 1.29 is 4.79 Å². The summed E-state index contributed by atoms with van der Waals surface area (Å²) < 4.78 is 0. The number of thiazole rings is 1. The van der Waals surface area contributed by atoms with Crippen molar-refractivity contribution in [3.63, 3.8) is 0 Å². The Morgan fingerprint density at radius 3 is 2.55 bits per heavy atom. The molecule has 0 saturated carbocycles. The van der Waals surface area contributed by atoms with Crippen LogP contribution in [0, 0.1) is 5.41 Å². The molecule has 0 aliphatic rings. The Morgan fingerprint density at radius 2 is 2.10 bits per heavy atom. The van der Waals surface area contributed by atoms with Crippen molar-refractivity contribution in [1.82, 2.24) is 10.3 Å². The lowest BCUT2D eigenvalue weighted by atomic mass is 9.78. The van der Waals surface area contributed by atoms with Crippen molar-refractivity contribution in [3.8, 4) is 0 Å². The largest absolute Gasteiger partial charge is 0.392 e. The molecule has 0 bridgehead atoms. The third-order valence-corrected chi connectivity index (χ3v) is 4.60. The molecule has 6 heteroatoms. The first-order chi connectivity index (χ1) is 9.56. The maximum absolute atomic E-state index is 12.5. The fraction of sp³-hybridized carbons (Fsp3) is 0.643. The average Bonchev–Trinajstić information content (AvgIpc) is 2.91. The van der Waals surface area contributed by atoms with Crippen LogP contribution in [-0.4, -0.2) is 22.4 Å². The first-order valence-electron chi connectivity index (χ1n) is 7.03. The minimum Gasteiger partial charge on any atom is -0.392 e. The van der Waals surface area contributed by atoms with Crippen LogP contribution in [0.25, 0.3) is 0 Å². The van der Waals surface area contributed by atoms with E-state index in [1.54, 1.807) is 17.5 Å². The van der Waals surface area contributed by atoms with Gasteiger partial charge >= 0.3 is 0 Å². The number of carbonyl (C=O) groups excluding carboxylic acids is 1. The van der Waals surface area contributed by atoms with E-state index in [-0.39, 0.29) is 5.91 Å². The van der Waals surface area contributed by atoms with Gasteiger partial charge < -0.3 is 11.1 Å². The van der Waals surface area contributed by atoms with Gasteiger partial charge in [-0.15, -0.1) is 11.3 Å². The number of aromatic nitrogens is 1. The summed E-state index contributed by atoms with van der Waals surface area (Å²) in [5, 5.41) is 5.93. The fourth-order valence-corrected chi connectivity index (χ4v) is 3.31. The summed E-state index contributed by atoms with van der Waals surface area (Å²) in [6, 6.07) is 0. The highest BCUT2D eigenvalue weighted by Crippen LogP contribution is 2.30. The zero-order valence-electron chi connectivity index (χ0n) is 12.1. The number of nitrogens with two attached hydrogens (primary N) is 1. The number of hydrogen-bond donors (Lipinski definition) is 2. The van der Waals surface area contributed by atoms with E-state index in [2.05, 4.69) is 10.3 Å². The van der Waals surface area contributed by atoms with Gasteiger partial charge in [0.15, 0.2) is 0 Å². The van der Waals surface area contributed by atoms with E-state index in [4.69, 9.17) is 18.0 Å². The van der Waals surface area contributed by atoms with Crippen LogP contribution in [0.2, 0.25) is 0 Å². The van der Waals surface area contributed by atoms with Gasteiger partial charge in [-0.3, -0.25) is 4.79 Å². The quantitative estimate of drug-likeness (QED) is 0.688. The van der Waals surface area contributed by atoms with Crippen molar-refractivity contribution in [2.45, 2.75) is 46.0 Å². The van der Waals surface area contributed by atoms with Crippen molar-refractivity contribution in [1.29, 1.82) is 0 Å². The van der Waals surface area contributed by atoms with E-state index in [9.17, 15) is 4.79 Å². The summed E-state index contributed by atoms with van der Waals surface area (Å²) in [4.78, 5) is 17.0. The van der Waals surface area contributed by atoms with E-state index >= 15 is 0 Å². The number of nitrogens with zero attached hydrogens (tertiary/aromatic N) is 1. The maximum Gasteiger partial charge on any atom is 0.233 e. The lowest BCUT2D eigenvalue weighted by molar-refractivity contribution is -0.128. The highest BCUT2D eigenvalue weighted by atomic mass is 32.1.